The Morgan fingerprint density at radius 2 is 1.81 bits per heavy atom. The molecule has 4 rings (SSSR count). The van der Waals surface area contributed by atoms with E-state index in [1.54, 1.807) is 10.9 Å². The fourth-order valence-electron chi connectivity index (χ4n) is 3.13. The van der Waals surface area contributed by atoms with Gasteiger partial charge in [-0.05, 0) is 67.7 Å². The molecule has 6 heteroatoms. The summed E-state index contributed by atoms with van der Waals surface area (Å²) in [7, 11) is 0. The number of aromatic nitrogens is 3. The van der Waals surface area contributed by atoms with E-state index in [-0.39, 0.29) is 0 Å². The van der Waals surface area contributed by atoms with Crippen molar-refractivity contribution in [3.63, 3.8) is 0 Å². The van der Waals surface area contributed by atoms with Gasteiger partial charge >= 0.3 is 0 Å². The maximum absolute atomic E-state index is 6.00. The lowest BCUT2D eigenvalue weighted by atomic mass is 10.2. The van der Waals surface area contributed by atoms with Crippen LogP contribution in [0.2, 0.25) is 0 Å². The minimum absolute atomic E-state index is 0.368. The molecule has 0 spiro atoms. The maximum atomic E-state index is 6.00. The molecule has 0 bridgehead atoms. The number of aromatic amines is 1. The molecule has 2 aromatic carbocycles. The van der Waals surface area contributed by atoms with Crippen molar-refractivity contribution < 1.29 is 4.74 Å². The van der Waals surface area contributed by atoms with Crippen LogP contribution in [-0.4, -0.2) is 27.2 Å². The lowest BCUT2D eigenvalue weighted by Crippen LogP contribution is -2.10. The van der Waals surface area contributed by atoms with Crippen LogP contribution >= 0.6 is 12.2 Å². The van der Waals surface area contributed by atoms with E-state index in [9.17, 15) is 0 Å². The molecule has 1 aliphatic rings. The predicted molar refractivity (Wildman–Crippen MR) is 105 cm³/mol. The van der Waals surface area contributed by atoms with Crippen molar-refractivity contribution in [2.24, 2.45) is 5.10 Å². The van der Waals surface area contributed by atoms with Crippen LogP contribution in [0.4, 0.5) is 0 Å². The van der Waals surface area contributed by atoms with E-state index in [4.69, 9.17) is 17.0 Å². The molecule has 5 nitrogen and oxygen atoms in total. The second-order valence-electron chi connectivity index (χ2n) is 6.37. The summed E-state index contributed by atoms with van der Waals surface area (Å²) in [5, 5.41) is 11.6. The van der Waals surface area contributed by atoms with Crippen molar-refractivity contribution in [3.8, 4) is 17.1 Å². The second-order valence-corrected chi connectivity index (χ2v) is 6.75. The van der Waals surface area contributed by atoms with Crippen LogP contribution in [0.5, 0.6) is 5.75 Å². The summed E-state index contributed by atoms with van der Waals surface area (Å²) >= 11 is 5.30. The fraction of sp³-hybridized carbons (Fsp3) is 0.250. The molecule has 1 saturated carbocycles. The topological polar surface area (TPSA) is 55.2 Å². The number of H-pyrrole nitrogens is 1. The number of rotatable bonds is 5. The van der Waals surface area contributed by atoms with Gasteiger partial charge in [0, 0.05) is 5.56 Å². The van der Waals surface area contributed by atoms with Crippen LogP contribution in [0.25, 0.3) is 11.4 Å². The highest BCUT2D eigenvalue weighted by atomic mass is 32.1. The summed E-state index contributed by atoms with van der Waals surface area (Å²) in [6, 6.07) is 17.8. The van der Waals surface area contributed by atoms with E-state index in [0.29, 0.717) is 16.7 Å². The molecule has 1 N–H and O–H groups in total. The Morgan fingerprint density at radius 1 is 1.08 bits per heavy atom. The molecule has 26 heavy (non-hydrogen) atoms. The Hall–Kier alpha value is -2.73. The Kier molecular flexibility index (Phi) is 4.93. The van der Waals surface area contributed by atoms with Crippen molar-refractivity contribution in [1.82, 2.24) is 14.9 Å². The summed E-state index contributed by atoms with van der Waals surface area (Å²) < 4.78 is 8.09. The van der Waals surface area contributed by atoms with Crippen molar-refractivity contribution in [2.75, 3.05) is 0 Å². The summed E-state index contributed by atoms with van der Waals surface area (Å²) in [6.07, 6.45) is 6.99. The van der Waals surface area contributed by atoms with Gasteiger partial charge < -0.3 is 4.74 Å². The van der Waals surface area contributed by atoms with Crippen molar-refractivity contribution in [3.05, 3.63) is 64.9 Å². The van der Waals surface area contributed by atoms with Gasteiger partial charge in [-0.3, -0.25) is 0 Å². The van der Waals surface area contributed by atoms with E-state index < -0.39 is 0 Å². The van der Waals surface area contributed by atoms with Gasteiger partial charge in [-0.1, -0.05) is 30.3 Å². The highest BCUT2D eigenvalue weighted by Crippen LogP contribution is 2.24. The summed E-state index contributed by atoms with van der Waals surface area (Å²) in [5.74, 6) is 1.60. The predicted octanol–water partition coefficient (Wildman–Crippen LogP) is 4.81. The first-order chi connectivity index (χ1) is 12.8. The van der Waals surface area contributed by atoms with Gasteiger partial charge in [0.15, 0.2) is 5.82 Å². The van der Waals surface area contributed by atoms with Crippen molar-refractivity contribution in [1.29, 1.82) is 0 Å². The minimum Gasteiger partial charge on any atom is -0.490 e. The molecule has 132 valence electrons. The highest BCUT2D eigenvalue weighted by molar-refractivity contribution is 7.71. The highest BCUT2D eigenvalue weighted by Gasteiger charge is 2.16. The molecule has 3 aromatic rings. The molecule has 0 radical (unpaired) electrons. The zero-order valence-corrected chi connectivity index (χ0v) is 15.2. The van der Waals surface area contributed by atoms with E-state index in [1.165, 1.54) is 12.8 Å². The lowest BCUT2D eigenvalue weighted by molar-refractivity contribution is 0.210. The number of hydrogen-bond donors (Lipinski definition) is 1. The fourth-order valence-corrected chi connectivity index (χ4v) is 3.31. The maximum Gasteiger partial charge on any atom is 0.216 e. The van der Waals surface area contributed by atoms with E-state index in [0.717, 1.165) is 29.7 Å². The van der Waals surface area contributed by atoms with Crippen LogP contribution in [0, 0.1) is 4.77 Å². The Bertz CT molecular complexity index is 938. The van der Waals surface area contributed by atoms with Crippen LogP contribution in [-0.2, 0) is 0 Å². The first-order valence-corrected chi connectivity index (χ1v) is 9.24. The van der Waals surface area contributed by atoms with Gasteiger partial charge in [0.05, 0.1) is 12.3 Å². The standard InChI is InChI=1S/C20H20N4OS/c26-20-23-22-19(16-6-2-1-3-7-16)24(20)21-14-15-10-12-18(13-11-15)25-17-8-4-5-9-17/h1-3,6-7,10-14,17H,4-5,8-9H2,(H,23,26)/b21-14-. The average molecular weight is 364 g/mol. The second kappa shape index (κ2) is 7.66. The summed E-state index contributed by atoms with van der Waals surface area (Å²) in [5.41, 5.74) is 1.93. The number of ether oxygens (including phenoxy) is 1. The first-order valence-electron chi connectivity index (χ1n) is 8.83. The molecule has 1 aromatic heterocycles. The third-order valence-corrected chi connectivity index (χ3v) is 4.75. The molecule has 0 amide bonds. The lowest BCUT2D eigenvalue weighted by Gasteiger charge is -2.12. The number of nitrogens with zero attached hydrogens (tertiary/aromatic N) is 3. The Morgan fingerprint density at radius 3 is 2.54 bits per heavy atom. The first kappa shape index (κ1) is 16.7. The summed E-state index contributed by atoms with van der Waals surface area (Å²) in [4.78, 5) is 0. The van der Waals surface area contributed by atoms with Crippen LogP contribution < -0.4 is 4.74 Å². The van der Waals surface area contributed by atoms with E-state index in [1.807, 2.05) is 54.6 Å². The van der Waals surface area contributed by atoms with Gasteiger partial charge in [-0.15, -0.1) is 0 Å². The number of hydrogen-bond acceptors (Lipinski definition) is 4. The van der Waals surface area contributed by atoms with Crippen LogP contribution in [0.15, 0.2) is 59.7 Å². The SMILES string of the molecule is S=c1[nH]nc(-c2ccccc2)n1/N=C\c1ccc(OC2CCCC2)cc1. The van der Waals surface area contributed by atoms with Gasteiger partial charge in [0.25, 0.3) is 0 Å². The van der Waals surface area contributed by atoms with E-state index >= 15 is 0 Å². The van der Waals surface area contributed by atoms with E-state index in [2.05, 4.69) is 15.3 Å². The third kappa shape index (κ3) is 3.75. The Labute approximate surface area is 157 Å². The molecular formula is C20H20N4OS. The number of benzene rings is 2. The number of nitrogens with one attached hydrogen (secondary N) is 1. The quantitative estimate of drug-likeness (QED) is 0.522. The van der Waals surface area contributed by atoms with Crippen LogP contribution in [0.3, 0.4) is 0 Å². The molecular weight excluding hydrogens is 344 g/mol. The largest absolute Gasteiger partial charge is 0.490 e. The zero-order valence-electron chi connectivity index (χ0n) is 14.3. The van der Waals surface area contributed by atoms with Crippen molar-refractivity contribution in [2.45, 2.75) is 31.8 Å². The van der Waals surface area contributed by atoms with Crippen LogP contribution in [0.1, 0.15) is 31.2 Å². The third-order valence-electron chi connectivity index (χ3n) is 4.49. The molecule has 1 heterocycles. The molecule has 0 unspecified atom stereocenters. The monoisotopic (exact) mass is 364 g/mol. The molecule has 0 atom stereocenters. The summed E-state index contributed by atoms with van der Waals surface area (Å²) in [6.45, 7) is 0. The van der Waals surface area contributed by atoms with Gasteiger partial charge in [0.2, 0.25) is 4.77 Å². The smallest absolute Gasteiger partial charge is 0.216 e. The molecule has 1 fully saturated rings. The molecule has 0 aliphatic heterocycles. The van der Waals surface area contributed by atoms with Gasteiger partial charge in [-0.2, -0.15) is 14.9 Å². The van der Waals surface area contributed by atoms with Crippen molar-refractivity contribution >= 4 is 18.4 Å². The normalized spacial score (nSPS) is 14.9. The molecule has 0 saturated heterocycles. The zero-order chi connectivity index (χ0) is 17.8. The molecule has 1 aliphatic carbocycles. The Balaban J connectivity index is 1.51. The van der Waals surface area contributed by atoms with Gasteiger partial charge in [-0.25, -0.2) is 5.10 Å². The van der Waals surface area contributed by atoms with Gasteiger partial charge in [0.1, 0.15) is 5.75 Å². The average Bonchev–Trinajstić information content (AvgIpc) is 3.32. The minimum atomic E-state index is 0.368.